The first-order valence-corrected chi connectivity index (χ1v) is 14.3. The van der Waals surface area contributed by atoms with Gasteiger partial charge in [0.2, 0.25) is 0 Å². The molecule has 3 fully saturated rings. The molecule has 3 heteroatoms. The highest BCUT2D eigenvalue weighted by atomic mass is 16.5. The monoisotopic (exact) mass is 496 g/mol. The third kappa shape index (κ3) is 4.01. The SMILES string of the molecule is CC(=O)O[C@@H]1CC[C@]2(C)C(=CC[C@H]3[C@@H]4C[C@@H](c5ccccc5)[C@H](C(=O)c5ccccc5)[C@]4(C)CC[C@@H]32)C1. The minimum Gasteiger partial charge on any atom is -0.462 e. The highest BCUT2D eigenvalue weighted by Crippen LogP contribution is 2.69. The van der Waals surface area contributed by atoms with Crippen LogP contribution in [0.15, 0.2) is 72.3 Å². The quantitative estimate of drug-likeness (QED) is 0.247. The van der Waals surface area contributed by atoms with Gasteiger partial charge < -0.3 is 4.74 Å². The van der Waals surface area contributed by atoms with Crippen molar-refractivity contribution in [1.82, 2.24) is 0 Å². The first-order chi connectivity index (χ1) is 17.8. The summed E-state index contributed by atoms with van der Waals surface area (Å²) in [5.41, 5.74) is 3.89. The summed E-state index contributed by atoms with van der Waals surface area (Å²) in [6.07, 6.45) is 9.97. The van der Waals surface area contributed by atoms with Crippen molar-refractivity contribution in [3.05, 3.63) is 83.4 Å². The number of ketones is 1. The van der Waals surface area contributed by atoms with Gasteiger partial charge in [0.15, 0.2) is 5.78 Å². The van der Waals surface area contributed by atoms with Gasteiger partial charge in [-0.3, -0.25) is 9.59 Å². The molecule has 6 rings (SSSR count). The van der Waals surface area contributed by atoms with Crippen molar-refractivity contribution in [2.75, 3.05) is 0 Å². The van der Waals surface area contributed by atoms with Crippen molar-refractivity contribution in [3.8, 4) is 0 Å². The molecule has 0 saturated heterocycles. The summed E-state index contributed by atoms with van der Waals surface area (Å²) in [5, 5.41) is 0. The zero-order valence-electron chi connectivity index (χ0n) is 22.5. The first kappa shape index (κ1) is 24.6. The minimum absolute atomic E-state index is 0.00520. The van der Waals surface area contributed by atoms with Crippen LogP contribution in [0.1, 0.15) is 87.6 Å². The number of fused-ring (bicyclic) bond motifs is 5. The second kappa shape index (κ2) is 9.26. The van der Waals surface area contributed by atoms with E-state index in [-0.39, 0.29) is 34.7 Å². The Bertz CT molecular complexity index is 1200. The topological polar surface area (TPSA) is 43.4 Å². The van der Waals surface area contributed by atoms with Crippen molar-refractivity contribution in [1.29, 1.82) is 0 Å². The third-order valence-electron chi connectivity index (χ3n) is 11.0. The van der Waals surface area contributed by atoms with Gasteiger partial charge in [-0.05, 0) is 78.6 Å². The first-order valence-electron chi connectivity index (χ1n) is 14.3. The van der Waals surface area contributed by atoms with Crippen molar-refractivity contribution in [2.45, 2.75) is 77.7 Å². The molecule has 0 spiro atoms. The molecule has 8 atom stereocenters. The Morgan fingerprint density at radius 3 is 2.30 bits per heavy atom. The maximum atomic E-state index is 14.2. The molecule has 37 heavy (non-hydrogen) atoms. The van der Waals surface area contributed by atoms with E-state index in [9.17, 15) is 9.59 Å². The van der Waals surface area contributed by atoms with E-state index in [1.54, 1.807) is 0 Å². The predicted octanol–water partition coefficient (Wildman–Crippen LogP) is 7.77. The lowest BCUT2D eigenvalue weighted by atomic mass is 9.47. The van der Waals surface area contributed by atoms with Crippen molar-refractivity contribution >= 4 is 11.8 Å². The van der Waals surface area contributed by atoms with Gasteiger partial charge in [0.05, 0.1) is 0 Å². The lowest BCUT2D eigenvalue weighted by Gasteiger charge is -2.58. The fraction of sp³-hybridized carbons (Fsp3) is 0.529. The van der Waals surface area contributed by atoms with Crippen molar-refractivity contribution < 1.29 is 14.3 Å². The highest BCUT2D eigenvalue weighted by Gasteiger charge is 2.62. The van der Waals surface area contributed by atoms with E-state index in [2.05, 4.69) is 50.3 Å². The Balaban J connectivity index is 1.35. The number of Topliss-reactive ketones (excluding diaryl/α,β-unsaturated/α-hetero) is 1. The average Bonchev–Trinajstić information content (AvgIpc) is 3.22. The smallest absolute Gasteiger partial charge is 0.302 e. The molecule has 0 heterocycles. The molecule has 4 aliphatic carbocycles. The van der Waals surface area contributed by atoms with Crippen LogP contribution in [-0.4, -0.2) is 17.9 Å². The molecule has 3 nitrogen and oxygen atoms in total. The average molecular weight is 497 g/mol. The number of esters is 1. The van der Waals surface area contributed by atoms with Crippen LogP contribution in [-0.2, 0) is 9.53 Å². The number of ether oxygens (including phenoxy) is 1. The molecule has 2 aromatic rings. The predicted molar refractivity (Wildman–Crippen MR) is 146 cm³/mol. The highest BCUT2D eigenvalue weighted by molar-refractivity contribution is 5.99. The standard InChI is InChI=1S/C34H40O3/c1-22(35)37-26-16-18-33(2)25(20-26)14-15-27-29(33)17-19-34(3)30(27)21-28(23-10-6-4-7-11-23)31(34)32(36)24-12-8-5-9-13-24/h4-14,26-31H,15-21H2,1-3H3/t26-,27-,28+,29+,30+,31-,33-,34-/m1/s1. The van der Waals surface area contributed by atoms with Gasteiger partial charge in [-0.1, -0.05) is 86.2 Å². The van der Waals surface area contributed by atoms with E-state index in [1.807, 2.05) is 30.3 Å². The zero-order chi connectivity index (χ0) is 25.8. The van der Waals surface area contributed by atoms with Crippen LogP contribution in [0.2, 0.25) is 0 Å². The van der Waals surface area contributed by atoms with Crippen LogP contribution < -0.4 is 0 Å². The second-order valence-electron chi connectivity index (χ2n) is 12.7. The summed E-state index contributed by atoms with van der Waals surface area (Å²) in [4.78, 5) is 25.8. The van der Waals surface area contributed by atoms with Crippen LogP contribution in [0.25, 0.3) is 0 Å². The number of carbonyl (C=O) groups is 2. The maximum Gasteiger partial charge on any atom is 0.302 e. The molecular formula is C34H40O3. The molecule has 0 bridgehead atoms. The number of rotatable bonds is 4. The molecule has 0 radical (unpaired) electrons. The summed E-state index contributed by atoms with van der Waals surface area (Å²) in [6.45, 7) is 6.46. The van der Waals surface area contributed by atoms with Gasteiger partial charge in [-0.2, -0.15) is 0 Å². The number of allylic oxidation sites excluding steroid dienone is 1. The largest absolute Gasteiger partial charge is 0.462 e. The van der Waals surface area contributed by atoms with E-state index in [1.165, 1.54) is 24.5 Å². The molecule has 0 unspecified atom stereocenters. The summed E-state index contributed by atoms with van der Waals surface area (Å²) in [5.74, 6) is 2.24. The third-order valence-corrected chi connectivity index (χ3v) is 11.0. The number of benzene rings is 2. The molecular weight excluding hydrogens is 456 g/mol. The Hall–Kier alpha value is -2.68. The van der Waals surface area contributed by atoms with Gasteiger partial charge >= 0.3 is 5.97 Å². The number of hydrogen-bond donors (Lipinski definition) is 0. The Kier molecular flexibility index (Phi) is 6.17. The molecule has 3 saturated carbocycles. The molecule has 4 aliphatic rings. The zero-order valence-corrected chi connectivity index (χ0v) is 22.5. The van der Waals surface area contributed by atoms with Crippen LogP contribution >= 0.6 is 0 Å². The van der Waals surface area contributed by atoms with Crippen LogP contribution in [0, 0.1) is 34.5 Å². The number of hydrogen-bond acceptors (Lipinski definition) is 3. The van der Waals surface area contributed by atoms with Gasteiger partial charge in [0, 0.05) is 24.8 Å². The Morgan fingerprint density at radius 1 is 0.892 bits per heavy atom. The normalized spacial score (nSPS) is 38.5. The fourth-order valence-corrected chi connectivity index (χ4v) is 9.30. The minimum atomic E-state index is -0.164. The summed E-state index contributed by atoms with van der Waals surface area (Å²) < 4.78 is 5.63. The molecule has 0 amide bonds. The lowest BCUT2D eigenvalue weighted by Crippen LogP contribution is -2.51. The van der Waals surface area contributed by atoms with Crippen molar-refractivity contribution in [3.63, 3.8) is 0 Å². The number of carbonyl (C=O) groups excluding carboxylic acids is 2. The van der Waals surface area contributed by atoms with Crippen molar-refractivity contribution in [2.24, 2.45) is 34.5 Å². The van der Waals surface area contributed by atoms with Crippen LogP contribution in [0.3, 0.4) is 0 Å². The lowest BCUT2D eigenvalue weighted by molar-refractivity contribution is -0.148. The van der Waals surface area contributed by atoms with E-state index in [0.717, 1.165) is 44.1 Å². The van der Waals surface area contributed by atoms with Gasteiger partial charge in [0.1, 0.15) is 6.10 Å². The second-order valence-corrected chi connectivity index (χ2v) is 12.7. The van der Waals surface area contributed by atoms with E-state index < -0.39 is 0 Å². The van der Waals surface area contributed by atoms with Gasteiger partial charge in [-0.25, -0.2) is 0 Å². The van der Waals surface area contributed by atoms with Crippen LogP contribution in [0.4, 0.5) is 0 Å². The molecule has 0 aliphatic heterocycles. The molecule has 2 aromatic carbocycles. The summed E-state index contributed by atoms with van der Waals surface area (Å²) >= 11 is 0. The summed E-state index contributed by atoms with van der Waals surface area (Å²) in [6, 6.07) is 20.8. The molecule has 194 valence electrons. The van der Waals surface area contributed by atoms with E-state index in [4.69, 9.17) is 4.74 Å². The molecule has 0 N–H and O–H groups in total. The molecule has 0 aromatic heterocycles. The Labute approximate surface area is 221 Å². The fourth-order valence-electron chi connectivity index (χ4n) is 9.30. The van der Waals surface area contributed by atoms with Crippen LogP contribution in [0.5, 0.6) is 0 Å². The van der Waals surface area contributed by atoms with Gasteiger partial charge in [-0.15, -0.1) is 0 Å². The Morgan fingerprint density at radius 2 is 1.59 bits per heavy atom. The maximum absolute atomic E-state index is 14.2. The van der Waals surface area contributed by atoms with E-state index >= 15 is 0 Å². The van der Waals surface area contributed by atoms with E-state index in [0.29, 0.717) is 23.5 Å². The summed E-state index contributed by atoms with van der Waals surface area (Å²) in [7, 11) is 0. The van der Waals surface area contributed by atoms with Gasteiger partial charge in [0.25, 0.3) is 0 Å².